The summed E-state index contributed by atoms with van der Waals surface area (Å²) in [6.07, 6.45) is 2.32. The monoisotopic (exact) mass is 286 g/mol. The van der Waals surface area contributed by atoms with Gasteiger partial charge in [-0.05, 0) is 37.9 Å². The summed E-state index contributed by atoms with van der Waals surface area (Å²) in [4.78, 5) is 2.30. The standard InChI is InChI=1S/C14H20Cl2N2/c1-3-7-17-11-6-8-18(9-11)14-12(15)5-4-10(2)13(14)16/h4-5,11,17H,3,6-9H2,1-2H3. The molecular formula is C14H20Cl2N2. The number of benzene rings is 1. The lowest BCUT2D eigenvalue weighted by molar-refractivity contribution is 0.549. The van der Waals surface area contributed by atoms with Crippen molar-refractivity contribution in [3.63, 3.8) is 0 Å². The number of anilines is 1. The predicted octanol–water partition coefficient (Wildman–Crippen LogP) is 3.88. The van der Waals surface area contributed by atoms with Gasteiger partial charge in [0.2, 0.25) is 0 Å². The van der Waals surface area contributed by atoms with E-state index in [-0.39, 0.29) is 0 Å². The number of nitrogens with zero attached hydrogens (tertiary/aromatic N) is 1. The molecule has 0 saturated carbocycles. The Bertz CT molecular complexity index is 421. The van der Waals surface area contributed by atoms with Crippen LogP contribution < -0.4 is 10.2 Å². The van der Waals surface area contributed by atoms with Gasteiger partial charge in [0, 0.05) is 19.1 Å². The highest BCUT2D eigenvalue weighted by molar-refractivity contribution is 6.39. The molecule has 1 atom stereocenters. The third-order valence-corrected chi connectivity index (χ3v) is 4.23. The zero-order valence-electron chi connectivity index (χ0n) is 11.0. The van der Waals surface area contributed by atoms with Crippen molar-refractivity contribution < 1.29 is 0 Å². The molecule has 1 N–H and O–H groups in total. The van der Waals surface area contributed by atoms with Crippen LogP contribution in [0.3, 0.4) is 0 Å². The highest BCUT2D eigenvalue weighted by atomic mass is 35.5. The minimum absolute atomic E-state index is 0.553. The number of rotatable bonds is 4. The van der Waals surface area contributed by atoms with E-state index in [1.807, 2.05) is 19.1 Å². The molecule has 0 bridgehead atoms. The van der Waals surface area contributed by atoms with Crippen LogP contribution in [0.25, 0.3) is 0 Å². The van der Waals surface area contributed by atoms with E-state index in [4.69, 9.17) is 23.2 Å². The molecular weight excluding hydrogens is 267 g/mol. The first-order valence-electron chi connectivity index (χ1n) is 6.56. The Morgan fingerprint density at radius 2 is 2.17 bits per heavy atom. The Morgan fingerprint density at radius 3 is 2.89 bits per heavy atom. The summed E-state index contributed by atoms with van der Waals surface area (Å²) in [7, 11) is 0. The number of hydrogen-bond donors (Lipinski definition) is 1. The lowest BCUT2D eigenvalue weighted by Crippen LogP contribution is -2.33. The maximum absolute atomic E-state index is 6.38. The molecule has 2 rings (SSSR count). The third kappa shape index (κ3) is 2.93. The van der Waals surface area contributed by atoms with Crippen molar-refractivity contribution in [1.82, 2.24) is 5.32 Å². The van der Waals surface area contributed by atoms with Crippen LogP contribution in [0.4, 0.5) is 5.69 Å². The SMILES string of the molecule is CCCNC1CCN(c2c(Cl)ccc(C)c2Cl)C1. The van der Waals surface area contributed by atoms with Crippen LogP contribution in [-0.4, -0.2) is 25.7 Å². The first-order chi connectivity index (χ1) is 8.63. The summed E-state index contributed by atoms with van der Waals surface area (Å²) in [5.74, 6) is 0. The van der Waals surface area contributed by atoms with Gasteiger partial charge < -0.3 is 10.2 Å². The van der Waals surface area contributed by atoms with Crippen molar-refractivity contribution in [2.45, 2.75) is 32.7 Å². The summed E-state index contributed by atoms with van der Waals surface area (Å²) < 4.78 is 0. The van der Waals surface area contributed by atoms with Crippen molar-refractivity contribution in [2.24, 2.45) is 0 Å². The molecule has 1 fully saturated rings. The van der Waals surface area contributed by atoms with Gasteiger partial charge in [-0.2, -0.15) is 0 Å². The van der Waals surface area contributed by atoms with Crippen molar-refractivity contribution in [3.05, 3.63) is 27.7 Å². The van der Waals surface area contributed by atoms with E-state index in [1.54, 1.807) is 0 Å². The van der Waals surface area contributed by atoms with Crippen LogP contribution in [0, 0.1) is 6.92 Å². The van der Waals surface area contributed by atoms with E-state index in [2.05, 4.69) is 17.1 Å². The molecule has 100 valence electrons. The van der Waals surface area contributed by atoms with Gasteiger partial charge in [0.25, 0.3) is 0 Å². The Labute approximate surface area is 119 Å². The first-order valence-corrected chi connectivity index (χ1v) is 7.32. The molecule has 2 nitrogen and oxygen atoms in total. The molecule has 1 heterocycles. The molecule has 1 unspecified atom stereocenters. The number of nitrogens with one attached hydrogen (secondary N) is 1. The van der Waals surface area contributed by atoms with Crippen molar-refractivity contribution in [2.75, 3.05) is 24.5 Å². The Morgan fingerprint density at radius 1 is 1.39 bits per heavy atom. The van der Waals surface area contributed by atoms with E-state index in [9.17, 15) is 0 Å². The van der Waals surface area contributed by atoms with Crippen molar-refractivity contribution >= 4 is 28.9 Å². The summed E-state index contributed by atoms with van der Waals surface area (Å²) in [5.41, 5.74) is 2.08. The van der Waals surface area contributed by atoms with E-state index in [0.717, 1.165) is 47.4 Å². The van der Waals surface area contributed by atoms with Crippen LogP contribution >= 0.6 is 23.2 Å². The Balaban J connectivity index is 2.12. The molecule has 0 amide bonds. The molecule has 1 aromatic carbocycles. The fourth-order valence-corrected chi connectivity index (χ4v) is 3.02. The zero-order valence-corrected chi connectivity index (χ0v) is 12.5. The van der Waals surface area contributed by atoms with E-state index in [0.29, 0.717) is 6.04 Å². The van der Waals surface area contributed by atoms with Gasteiger partial charge in [-0.1, -0.05) is 36.2 Å². The van der Waals surface area contributed by atoms with Crippen LogP contribution in [0.5, 0.6) is 0 Å². The smallest absolute Gasteiger partial charge is 0.0748 e. The minimum atomic E-state index is 0.553. The zero-order chi connectivity index (χ0) is 13.1. The van der Waals surface area contributed by atoms with Gasteiger partial charge in [0.1, 0.15) is 0 Å². The lowest BCUT2D eigenvalue weighted by atomic mass is 10.2. The van der Waals surface area contributed by atoms with Crippen LogP contribution in [0.2, 0.25) is 10.0 Å². The third-order valence-electron chi connectivity index (χ3n) is 3.45. The summed E-state index contributed by atoms with van der Waals surface area (Å²) in [6.45, 7) is 7.29. The second kappa shape index (κ2) is 6.14. The molecule has 1 aliphatic heterocycles. The summed E-state index contributed by atoms with van der Waals surface area (Å²) in [5, 5.41) is 5.10. The molecule has 0 aliphatic carbocycles. The molecule has 4 heteroatoms. The second-order valence-corrected chi connectivity index (χ2v) is 5.70. The van der Waals surface area contributed by atoms with Crippen molar-refractivity contribution in [3.8, 4) is 0 Å². The highest BCUT2D eigenvalue weighted by Gasteiger charge is 2.25. The topological polar surface area (TPSA) is 15.3 Å². The van der Waals surface area contributed by atoms with Gasteiger partial charge in [-0.15, -0.1) is 0 Å². The number of aryl methyl sites for hydroxylation is 1. The fraction of sp³-hybridized carbons (Fsp3) is 0.571. The molecule has 1 aliphatic rings. The van der Waals surface area contributed by atoms with E-state index < -0.39 is 0 Å². The largest absolute Gasteiger partial charge is 0.367 e. The van der Waals surface area contributed by atoms with Gasteiger partial charge in [0.05, 0.1) is 15.7 Å². The van der Waals surface area contributed by atoms with Gasteiger partial charge >= 0.3 is 0 Å². The number of hydrogen-bond acceptors (Lipinski definition) is 2. The molecule has 1 aromatic rings. The van der Waals surface area contributed by atoms with Crippen LogP contribution in [0.15, 0.2) is 12.1 Å². The van der Waals surface area contributed by atoms with Gasteiger partial charge in [0.15, 0.2) is 0 Å². The van der Waals surface area contributed by atoms with E-state index >= 15 is 0 Å². The van der Waals surface area contributed by atoms with Crippen LogP contribution in [0.1, 0.15) is 25.3 Å². The molecule has 0 radical (unpaired) electrons. The quantitative estimate of drug-likeness (QED) is 0.904. The molecule has 1 saturated heterocycles. The predicted molar refractivity (Wildman–Crippen MR) is 80.1 cm³/mol. The summed E-state index contributed by atoms with van der Waals surface area (Å²) in [6, 6.07) is 4.46. The average molecular weight is 287 g/mol. The average Bonchev–Trinajstić information content (AvgIpc) is 2.80. The molecule has 18 heavy (non-hydrogen) atoms. The highest BCUT2D eigenvalue weighted by Crippen LogP contribution is 2.37. The Hall–Kier alpha value is -0.440. The van der Waals surface area contributed by atoms with Crippen molar-refractivity contribution in [1.29, 1.82) is 0 Å². The lowest BCUT2D eigenvalue weighted by Gasteiger charge is -2.22. The van der Waals surface area contributed by atoms with E-state index in [1.165, 1.54) is 6.42 Å². The Kier molecular flexibility index (Phi) is 4.77. The maximum Gasteiger partial charge on any atom is 0.0748 e. The van der Waals surface area contributed by atoms with Gasteiger partial charge in [-0.25, -0.2) is 0 Å². The maximum atomic E-state index is 6.38. The van der Waals surface area contributed by atoms with Crippen LogP contribution in [-0.2, 0) is 0 Å². The number of halogens is 2. The first kappa shape index (κ1) is 14.0. The summed E-state index contributed by atoms with van der Waals surface area (Å²) >= 11 is 12.7. The molecule has 0 spiro atoms. The molecule has 0 aromatic heterocycles. The van der Waals surface area contributed by atoms with Gasteiger partial charge in [-0.3, -0.25) is 0 Å². The minimum Gasteiger partial charge on any atom is -0.367 e. The fourth-order valence-electron chi connectivity index (χ4n) is 2.41. The normalized spacial score (nSPS) is 19.6. The second-order valence-electron chi connectivity index (χ2n) is 4.91.